The third-order valence-electron chi connectivity index (χ3n) is 2.55. The van der Waals surface area contributed by atoms with E-state index in [-0.39, 0.29) is 11.2 Å². The molecule has 0 aromatic carbocycles. The summed E-state index contributed by atoms with van der Waals surface area (Å²) in [6.45, 7) is 14.6. The lowest BCUT2D eigenvalue weighted by Gasteiger charge is -2.30. The topological polar surface area (TPSA) is 124 Å². The van der Waals surface area contributed by atoms with Crippen LogP contribution < -0.4 is 0 Å². The molecule has 0 aliphatic carbocycles. The van der Waals surface area contributed by atoms with E-state index in [1.165, 1.54) is 19.3 Å². The number of ether oxygens (including phenoxy) is 1. The summed E-state index contributed by atoms with van der Waals surface area (Å²) in [5, 5.41) is 32.6. The van der Waals surface area contributed by atoms with Gasteiger partial charge in [0.05, 0.1) is 11.2 Å². The molecule has 0 rings (SSSR count). The van der Waals surface area contributed by atoms with E-state index in [0.29, 0.717) is 18.6 Å². The molecule has 7 nitrogen and oxygen atoms in total. The molecule has 0 fully saturated rings. The Hall–Kier alpha value is -1.44. The Balaban J connectivity index is -0.000000322. The third kappa shape index (κ3) is 45.6. The van der Waals surface area contributed by atoms with Crippen molar-refractivity contribution in [2.75, 3.05) is 0 Å². The monoisotopic (exact) mass is 392 g/mol. The summed E-state index contributed by atoms with van der Waals surface area (Å²) < 4.78 is 5.62. The minimum absolute atomic E-state index is 0.0156. The molecule has 0 aromatic rings. The van der Waals surface area contributed by atoms with Gasteiger partial charge in [0.25, 0.3) is 0 Å². The lowest BCUT2D eigenvalue weighted by Crippen LogP contribution is -2.31. The maximum absolute atomic E-state index is 9.55. The number of aliphatic hydroxyl groups excluding tert-OH is 1. The van der Waals surface area contributed by atoms with Gasteiger partial charge >= 0.3 is 11.9 Å². The number of unbranched alkanes of at least 4 members (excludes halogenated alkanes) is 4. The van der Waals surface area contributed by atoms with Crippen molar-refractivity contribution in [2.24, 2.45) is 0 Å². The van der Waals surface area contributed by atoms with Crippen LogP contribution in [0.3, 0.4) is 0 Å². The first kappa shape index (κ1) is 30.3. The van der Waals surface area contributed by atoms with E-state index < -0.39 is 18.2 Å². The molecule has 0 spiro atoms. The van der Waals surface area contributed by atoms with Crippen molar-refractivity contribution >= 4 is 11.9 Å². The van der Waals surface area contributed by atoms with Gasteiger partial charge in [-0.25, -0.2) is 9.59 Å². The van der Waals surface area contributed by atoms with E-state index in [9.17, 15) is 9.59 Å². The van der Waals surface area contributed by atoms with Gasteiger partial charge in [0.15, 0.2) is 6.29 Å². The van der Waals surface area contributed by atoms with E-state index in [1.807, 2.05) is 0 Å². The fraction of sp³-hybridized carbons (Fsp3) is 0.800. The van der Waals surface area contributed by atoms with Gasteiger partial charge in [-0.3, -0.25) is 0 Å². The zero-order valence-corrected chi connectivity index (χ0v) is 18.0. The van der Waals surface area contributed by atoms with Gasteiger partial charge in [0, 0.05) is 12.2 Å². The molecule has 0 saturated carbocycles. The van der Waals surface area contributed by atoms with Gasteiger partial charge in [-0.2, -0.15) is 0 Å². The molecule has 27 heavy (non-hydrogen) atoms. The second-order valence-electron chi connectivity index (χ2n) is 8.02. The summed E-state index contributed by atoms with van der Waals surface area (Å²) in [6.07, 6.45) is 6.35. The molecule has 0 heterocycles. The minimum Gasteiger partial charge on any atom is -0.478 e. The van der Waals surface area contributed by atoms with Crippen LogP contribution in [0.2, 0.25) is 0 Å². The molecule has 0 bridgehead atoms. The van der Waals surface area contributed by atoms with Crippen molar-refractivity contribution in [1.82, 2.24) is 0 Å². The van der Waals surface area contributed by atoms with Crippen LogP contribution in [0.25, 0.3) is 0 Å². The number of hydrogen-bond acceptors (Lipinski definition) is 5. The van der Waals surface area contributed by atoms with E-state index >= 15 is 0 Å². The van der Waals surface area contributed by atoms with Crippen molar-refractivity contribution in [2.45, 2.75) is 104 Å². The quantitative estimate of drug-likeness (QED) is 0.280. The Labute approximate surface area is 164 Å². The molecule has 0 amide bonds. The molecule has 0 aliphatic heterocycles. The molecule has 0 saturated heterocycles. The van der Waals surface area contributed by atoms with Gasteiger partial charge in [0.1, 0.15) is 0 Å². The van der Waals surface area contributed by atoms with Gasteiger partial charge in [-0.15, -0.1) is 0 Å². The summed E-state index contributed by atoms with van der Waals surface area (Å²) in [6, 6.07) is 0. The molecule has 4 N–H and O–H groups in total. The normalized spacial score (nSPS) is 11.5. The maximum atomic E-state index is 9.55. The molecule has 0 unspecified atom stereocenters. The molecular weight excluding hydrogens is 352 g/mol. The summed E-state index contributed by atoms with van der Waals surface area (Å²) in [4.78, 5) is 19.1. The summed E-state index contributed by atoms with van der Waals surface area (Å²) in [7, 11) is 0. The van der Waals surface area contributed by atoms with Crippen LogP contribution in [0.4, 0.5) is 0 Å². The van der Waals surface area contributed by atoms with E-state index in [2.05, 4.69) is 48.5 Å². The zero-order chi connectivity index (χ0) is 22.1. The van der Waals surface area contributed by atoms with Crippen LogP contribution in [0.15, 0.2) is 12.2 Å². The number of aliphatic carboxylic acids is 2. The molecular formula is C20H40O7. The van der Waals surface area contributed by atoms with Crippen molar-refractivity contribution in [3.05, 3.63) is 12.2 Å². The minimum atomic E-state index is -1.26. The van der Waals surface area contributed by atoms with Gasteiger partial charge in [-0.05, 0) is 54.4 Å². The van der Waals surface area contributed by atoms with Crippen molar-refractivity contribution in [3.63, 3.8) is 0 Å². The van der Waals surface area contributed by atoms with Crippen LogP contribution in [0, 0.1) is 0 Å². The number of aliphatic hydroxyl groups is 2. The van der Waals surface area contributed by atoms with E-state index in [1.54, 1.807) is 0 Å². The van der Waals surface area contributed by atoms with Gasteiger partial charge in [-0.1, -0.05) is 32.6 Å². The van der Waals surface area contributed by atoms with Crippen LogP contribution in [-0.4, -0.2) is 49.9 Å². The number of hydrogen-bond donors (Lipinski definition) is 4. The Bertz CT molecular complexity index is 374. The molecule has 7 heteroatoms. The first-order valence-electron chi connectivity index (χ1n) is 9.31. The standard InChI is InChI=1S/C8H18O2.C8H18O.C4H4O4/c1-2-3-4-5-6-7-8(9)10;1-7(2,3)9-8(4,5)6;5-3(6)1-2-4(7)8/h8-10H,2-7H2,1H3;1-6H3;1-2H,(H,5,6)(H,7,8)/b;;2-1-. The lowest BCUT2D eigenvalue weighted by atomic mass is 10.1. The Morgan fingerprint density at radius 2 is 1.19 bits per heavy atom. The highest BCUT2D eigenvalue weighted by molar-refractivity contribution is 5.89. The smallest absolute Gasteiger partial charge is 0.328 e. The second kappa shape index (κ2) is 16.7. The van der Waals surface area contributed by atoms with Crippen molar-refractivity contribution in [1.29, 1.82) is 0 Å². The van der Waals surface area contributed by atoms with Crippen LogP contribution in [0.1, 0.15) is 87.0 Å². The fourth-order valence-corrected chi connectivity index (χ4v) is 1.99. The molecule has 0 aromatic heterocycles. The highest BCUT2D eigenvalue weighted by Gasteiger charge is 2.19. The largest absolute Gasteiger partial charge is 0.478 e. The van der Waals surface area contributed by atoms with Gasteiger partial charge < -0.3 is 25.2 Å². The number of carbonyl (C=O) groups is 2. The van der Waals surface area contributed by atoms with E-state index in [0.717, 1.165) is 12.8 Å². The van der Waals surface area contributed by atoms with Crippen molar-refractivity contribution in [3.8, 4) is 0 Å². The number of carboxylic acid groups (broad SMARTS) is 2. The predicted octanol–water partition coefficient (Wildman–Crippen LogP) is 3.97. The molecule has 0 atom stereocenters. The fourth-order valence-electron chi connectivity index (χ4n) is 1.99. The highest BCUT2D eigenvalue weighted by atomic mass is 16.5. The number of carboxylic acids is 2. The average Bonchev–Trinajstić information content (AvgIpc) is 2.42. The SMILES string of the molecule is CC(C)(C)OC(C)(C)C.CCCCCCCC(O)O.O=C(O)/C=C\C(=O)O. The Morgan fingerprint density at radius 1 is 0.815 bits per heavy atom. The Kier molecular flexibility index (Phi) is 18.8. The number of rotatable bonds is 8. The molecule has 0 aliphatic rings. The Morgan fingerprint density at radius 3 is 1.41 bits per heavy atom. The third-order valence-corrected chi connectivity index (χ3v) is 2.55. The van der Waals surface area contributed by atoms with Crippen molar-refractivity contribution < 1.29 is 34.8 Å². The first-order valence-corrected chi connectivity index (χ1v) is 9.31. The second-order valence-corrected chi connectivity index (χ2v) is 8.02. The molecule has 0 radical (unpaired) electrons. The lowest BCUT2D eigenvalue weighted by molar-refractivity contribution is -0.134. The van der Waals surface area contributed by atoms with Crippen LogP contribution >= 0.6 is 0 Å². The van der Waals surface area contributed by atoms with E-state index in [4.69, 9.17) is 25.2 Å². The average molecular weight is 393 g/mol. The van der Waals surface area contributed by atoms with Crippen LogP contribution in [-0.2, 0) is 14.3 Å². The highest BCUT2D eigenvalue weighted by Crippen LogP contribution is 2.18. The molecule has 162 valence electrons. The summed E-state index contributed by atoms with van der Waals surface area (Å²) >= 11 is 0. The maximum Gasteiger partial charge on any atom is 0.328 e. The van der Waals surface area contributed by atoms with Crippen LogP contribution in [0.5, 0.6) is 0 Å². The summed E-state index contributed by atoms with van der Waals surface area (Å²) in [5.41, 5.74) is -0.0312. The summed E-state index contributed by atoms with van der Waals surface area (Å²) in [5.74, 6) is -2.51. The predicted molar refractivity (Wildman–Crippen MR) is 107 cm³/mol. The first-order chi connectivity index (χ1) is 12.1. The van der Waals surface area contributed by atoms with Gasteiger partial charge in [0.2, 0.25) is 0 Å². The zero-order valence-electron chi connectivity index (χ0n) is 18.0.